The molecule has 0 saturated carbocycles. The fourth-order valence-electron chi connectivity index (χ4n) is 5.20. The Morgan fingerprint density at radius 3 is 2.61 bits per heavy atom. The Morgan fingerprint density at radius 2 is 1.87 bits per heavy atom. The summed E-state index contributed by atoms with van der Waals surface area (Å²) in [6.45, 7) is 5.30. The highest BCUT2D eigenvalue weighted by atomic mass is 79.9. The monoisotopic (exact) mass is 479 g/mol. The number of fused-ring (bicyclic) bond motifs is 5. The second-order valence-electron chi connectivity index (χ2n) is 8.72. The number of H-pyrrole nitrogens is 1. The van der Waals surface area contributed by atoms with Crippen molar-refractivity contribution in [1.82, 2.24) is 14.8 Å². The molecule has 2 aromatic carbocycles. The number of hydrogen-bond donors (Lipinski definition) is 1. The van der Waals surface area contributed by atoms with Crippen LogP contribution >= 0.6 is 15.9 Å². The number of piperazine rings is 1. The Bertz CT molecular complexity index is 1170. The molecule has 2 aliphatic rings. The third-order valence-electron chi connectivity index (χ3n) is 6.87. The van der Waals surface area contributed by atoms with Crippen LogP contribution in [0.1, 0.15) is 49.4 Å². The Labute approximate surface area is 190 Å². The van der Waals surface area contributed by atoms with E-state index >= 15 is 0 Å². The molecule has 5 rings (SSSR count). The van der Waals surface area contributed by atoms with Gasteiger partial charge in [-0.2, -0.15) is 0 Å². The van der Waals surface area contributed by atoms with Crippen LogP contribution in [0.2, 0.25) is 0 Å². The fourth-order valence-corrected chi connectivity index (χ4v) is 5.46. The van der Waals surface area contributed by atoms with Crippen molar-refractivity contribution in [2.24, 2.45) is 0 Å². The molecule has 3 aromatic rings. The largest absolute Gasteiger partial charge is 0.356 e. The molecule has 0 bridgehead atoms. The minimum Gasteiger partial charge on any atom is -0.356 e. The van der Waals surface area contributed by atoms with E-state index in [9.17, 15) is 9.59 Å². The van der Waals surface area contributed by atoms with Crippen LogP contribution in [0.25, 0.3) is 10.9 Å². The number of amides is 2. The van der Waals surface area contributed by atoms with E-state index in [-0.39, 0.29) is 24.3 Å². The molecule has 31 heavy (non-hydrogen) atoms. The van der Waals surface area contributed by atoms with Crippen molar-refractivity contribution in [3.05, 3.63) is 69.8 Å². The standard InChI is InChI=1S/C25H26BrN3O2/c1-3-4-13-28-15-21(30)29-14-19(16-9-11-17(26)12-10-16)22-18-7-5-6-8-20(18)27-23(22)25(29,2)24(28)31/h5-12,19,27H,3-4,13-15H2,1-2H3/t19-,25-/m0/s1. The number of halogens is 1. The molecule has 0 radical (unpaired) electrons. The first-order valence-corrected chi connectivity index (χ1v) is 11.7. The molecule has 1 saturated heterocycles. The van der Waals surface area contributed by atoms with Gasteiger partial charge in [0, 0.05) is 34.4 Å². The van der Waals surface area contributed by atoms with Crippen LogP contribution in [-0.2, 0) is 15.1 Å². The van der Waals surface area contributed by atoms with Crippen LogP contribution in [0.15, 0.2) is 53.0 Å². The molecule has 0 unspecified atom stereocenters. The first-order valence-electron chi connectivity index (χ1n) is 10.9. The quantitative estimate of drug-likeness (QED) is 0.586. The van der Waals surface area contributed by atoms with E-state index in [1.807, 2.05) is 42.2 Å². The Morgan fingerprint density at radius 1 is 1.13 bits per heavy atom. The molecule has 1 fully saturated rings. The summed E-state index contributed by atoms with van der Waals surface area (Å²) in [6.07, 6.45) is 1.89. The molecule has 1 aromatic heterocycles. The van der Waals surface area contributed by atoms with Crippen molar-refractivity contribution >= 4 is 38.6 Å². The van der Waals surface area contributed by atoms with Crippen LogP contribution in [0, 0.1) is 0 Å². The van der Waals surface area contributed by atoms with E-state index in [2.05, 4.69) is 46.0 Å². The number of rotatable bonds is 4. The number of aromatic amines is 1. The van der Waals surface area contributed by atoms with Gasteiger partial charge in [-0.3, -0.25) is 9.59 Å². The number of para-hydroxylation sites is 1. The van der Waals surface area contributed by atoms with Crippen molar-refractivity contribution < 1.29 is 9.59 Å². The number of carbonyl (C=O) groups excluding carboxylic acids is 2. The Hall–Kier alpha value is -2.60. The summed E-state index contributed by atoms with van der Waals surface area (Å²) in [6, 6.07) is 16.5. The van der Waals surface area contributed by atoms with Crippen molar-refractivity contribution in [3.63, 3.8) is 0 Å². The molecule has 6 heteroatoms. The molecule has 2 aliphatic heterocycles. The summed E-state index contributed by atoms with van der Waals surface area (Å²) in [4.78, 5) is 34.2. The third kappa shape index (κ3) is 3.03. The maximum Gasteiger partial charge on any atom is 0.254 e. The molecule has 2 atom stereocenters. The predicted molar refractivity (Wildman–Crippen MR) is 125 cm³/mol. The molecule has 2 amide bonds. The SMILES string of the molecule is CCCCN1CC(=O)N2C[C@@H](c3ccc(Br)cc3)c3c([nH]c4ccccc34)[C@@]2(C)C1=O. The zero-order valence-corrected chi connectivity index (χ0v) is 19.4. The normalized spacial score (nSPS) is 23.3. The first kappa shape index (κ1) is 20.3. The number of nitrogens with zero attached hydrogens (tertiary/aromatic N) is 2. The highest BCUT2D eigenvalue weighted by Crippen LogP contribution is 2.48. The van der Waals surface area contributed by atoms with Crippen LogP contribution in [0.4, 0.5) is 0 Å². The lowest BCUT2D eigenvalue weighted by molar-refractivity contribution is -0.166. The van der Waals surface area contributed by atoms with Gasteiger partial charge in [-0.25, -0.2) is 0 Å². The van der Waals surface area contributed by atoms with E-state index in [0.29, 0.717) is 13.1 Å². The summed E-state index contributed by atoms with van der Waals surface area (Å²) in [7, 11) is 0. The second-order valence-corrected chi connectivity index (χ2v) is 9.64. The van der Waals surface area contributed by atoms with Crippen LogP contribution in [0.3, 0.4) is 0 Å². The summed E-state index contributed by atoms with van der Waals surface area (Å²) >= 11 is 3.52. The highest BCUT2D eigenvalue weighted by molar-refractivity contribution is 9.10. The van der Waals surface area contributed by atoms with E-state index in [4.69, 9.17) is 0 Å². The molecule has 3 heterocycles. The minimum atomic E-state index is -1.01. The van der Waals surface area contributed by atoms with Gasteiger partial charge in [-0.1, -0.05) is 59.6 Å². The first-order chi connectivity index (χ1) is 14.9. The van der Waals surface area contributed by atoms with E-state index in [1.54, 1.807) is 4.90 Å². The predicted octanol–water partition coefficient (Wildman–Crippen LogP) is 4.76. The van der Waals surface area contributed by atoms with E-state index in [0.717, 1.165) is 45.0 Å². The lowest BCUT2D eigenvalue weighted by atomic mass is 9.76. The van der Waals surface area contributed by atoms with Gasteiger partial charge in [0.25, 0.3) is 5.91 Å². The molecule has 5 nitrogen and oxygen atoms in total. The lowest BCUT2D eigenvalue weighted by Crippen LogP contribution is -2.67. The number of nitrogens with one attached hydrogen (secondary N) is 1. The van der Waals surface area contributed by atoms with Gasteiger partial charge < -0.3 is 14.8 Å². The number of unbranched alkanes of at least 4 members (excludes halogenated alkanes) is 1. The van der Waals surface area contributed by atoms with Gasteiger partial charge >= 0.3 is 0 Å². The average molecular weight is 480 g/mol. The number of aromatic nitrogens is 1. The molecular weight excluding hydrogens is 454 g/mol. The molecule has 1 N–H and O–H groups in total. The van der Waals surface area contributed by atoms with E-state index < -0.39 is 5.54 Å². The van der Waals surface area contributed by atoms with Gasteiger partial charge in [-0.15, -0.1) is 0 Å². The van der Waals surface area contributed by atoms with E-state index in [1.165, 1.54) is 0 Å². The highest BCUT2D eigenvalue weighted by Gasteiger charge is 2.56. The number of benzene rings is 2. The zero-order valence-electron chi connectivity index (χ0n) is 17.8. The average Bonchev–Trinajstić information content (AvgIpc) is 3.17. The second kappa shape index (κ2) is 7.52. The summed E-state index contributed by atoms with van der Waals surface area (Å²) in [5.41, 5.74) is 3.12. The summed E-state index contributed by atoms with van der Waals surface area (Å²) < 4.78 is 1.02. The van der Waals surface area contributed by atoms with Gasteiger partial charge in [0.2, 0.25) is 5.91 Å². The molecular formula is C25H26BrN3O2. The lowest BCUT2D eigenvalue weighted by Gasteiger charge is -2.51. The third-order valence-corrected chi connectivity index (χ3v) is 7.40. The van der Waals surface area contributed by atoms with Gasteiger partial charge in [-0.05, 0) is 42.7 Å². The molecule has 0 spiro atoms. The molecule has 160 valence electrons. The zero-order chi connectivity index (χ0) is 21.8. The van der Waals surface area contributed by atoms with Gasteiger partial charge in [0.05, 0.1) is 12.2 Å². The van der Waals surface area contributed by atoms with Crippen molar-refractivity contribution in [2.45, 2.75) is 38.1 Å². The Balaban J connectivity index is 1.72. The smallest absolute Gasteiger partial charge is 0.254 e. The van der Waals surface area contributed by atoms with Crippen molar-refractivity contribution in [1.29, 1.82) is 0 Å². The van der Waals surface area contributed by atoms with Crippen LogP contribution in [0.5, 0.6) is 0 Å². The van der Waals surface area contributed by atoms with Crippen LogP contribution in [-0.4, -0.2) is 46.2 Å². The Kier molecular flexibility index (Phi) is 4.93. The minimum absolute atomic E-state index is 0.00580. The number of carbonyl (C=O) groups is 2. The fraction of sp³-hybridized carbons (Fsp3) is 0.360. The van der Waals surface area contributed by atoms with Crippen LogP contribution < -0.4 is 0 Å². The van der Waals surface area contributed by atoms with Crippen molar-refractivity contribution in [3.8, 4) is 0 Å². The van der Waals surface area contributed by atoms with Crippen molar-refractivity contribution in [2.75, 3.05) is 19.6 Å². The summed E-state index contributed by atoms with van der Waals surface area (Å²) in [5, 5.41) is 1.12. The maximum atomic E-state index is 13.8. The molecule has 0 aliphatic carbocycles. The number of hydrogen-bond acceptors (Lipinski definition) is 2. The topological polar surface area (TPSA) is 56.4 Å². The maximum absolute atomic E-state index is 13.8. The summed E-state index contributed by atoms with van der Waals surface area (Å²) in [5.74, 6) is 0.0403. The van der Waals surface area contributed by atoms with Gasteiger partial charge in [0.1, 0.15) is 0 Å². The van der Waals surface area contributed by atoms with Gasteiger partial charge in [0.15, 0.2) is 5.54 Å².